The number of nitrogens with zero attached hydrogens (tertiary/aromatic N) is 1. The number of carbonyl (C=O) groups excluding carboxylic acids is 1. The third-order valence-corrected chi connectivity index (χ3v) is 4.76. The van der Waals surface area contributed by atoms with Crippen LogP contribution in [0.3, 0.4) is 0 Å². The first-order chi connectivity index (χ1) is 10.1. The maximum atomic E-state index is 12.1. The Hall–Kier alpha value is -2.04. The highest BCUT2D eigenvalue weighted by molar-refractivity contribution is 5.75. The van der Waals surface area contributed by atoms with Gasteiger partial charge in [-0.15, -0.1) is 0 Å². The smallest absolute Gasteiger partial charge is 0.410 e. The summed E-state index contributed by atoms with van der Waals surface area (Å²) < 4.78 is 5.30. The Balaban J connectivity index is 1.60. The van der Waals surface area contributed by atoms with Crippen molar-refractivity contribution in [3.8, 4) is 0 Å². The summed E-state index contributed by atoms with van der Waals surface area (Å²) in [6.45, 7) is 1.00. The second kappa shape index (κ2) is 5.39. The summed E-state index contributed by atoms with van der Waals surface area (Å²) >= 11 is 0. The van der Waals surface area contributed by atoms with Crippen LogP contribution in [0.15, 0.2) is 30.3 Å². The Bertz CT molecular complexity index is 538. The third-order valence-electron chi connectivity index (χ3n) is 4.76. The molecule has 112 valence electrons. The van der Waals surface area contributed by atoms with E-state index in [0.717, 1.165) is 24.8 Å². The third kappa shape index (κ3) is 2.60. The number of rotatable bonds is 3. The number of carboxylic acid groups (broad SMARTS) is 1. The minimum Gasteiger partial charge on any atom is -0.481 e. The van der Waals surface area contributed by atoms with E-state index < -0.39 is 18.0 Å². The molecule has 1 aromatic carbocycles. The van der Waals surface area contributed by atoms with Gasteiger partial charge >= 0.3 is 12.1 Å². The van der Waals surface area contributed by atoms with Crippen molar-refractivity contribution in [2.24, 2.45) is 11.3 Å². The molecule has 1 saturated heterocycles. The standard InChI is InChI=1S/C16H19NO4/c18-14(19)13-9-17(11-16(13)7-4-8-16)15(20)21-10-12-5-2-1-3-6-12/h1-3,5-6,13H,4,7-11H2,(H,18,19). The summed E-state index contributed by atoms with van der Waals surface area (Å²) in [6, 6.07) is 9.48. The lowest BCUT2D eigenvalue weighted by atomic mass is 9.63. The van der Waals surface area contributed by atoms with Crippen LogP contribution in [0.1, 0.15) is 24.8 Å². The first-order valence-corrected chi connectivity index (χ1v) is 7.29. The van der Waals surface area contributed by atoms with Crippen LogP contribution >= 0.6 is 0 Å². The molecule has 5 heteroatoms. The number of ether oxygens (including phenoxy) is 1. The molecule has 1 N–H and O–H groups in total. The quantitative estimate of drug-likeness (QED) is 0.928. The van der Waals surface area contributed by atoms with E-state index in [1.165, 1.54) is 0 Å². The SMILES string of the molecule is O=C(O)C1CN(C(=O)OCc2ccccc2)CC12CCC2. The number of hydrogen-bond acceptors (Lipinski definition) is 3. The highest BCUT2D eigenvalue weighted by Crippen LogP contribution is 2.51. The molecule has 21 heavy (non-hydrogen) atoms. The van der Waals surface area contributed by atoms with Gasteiger partial charge in [0.15, 0.2) is 0 Å². The van der Waals surface area contributed by atoms with Gasteiger partial charge in [0.2, 0.25) is 0 Å². The molecular weight excluding hydrogens is 270 g/mol. The fourth-order valence-corrected chi connectivity index (χ4v) is 3.40. The van der Waals surface area contributed by atoms with Crippen LogP contribution in [0.25, 0.3) is 0 Å². The molecule has 1 amide bonds. The van der Waals surface area contributed by atoms with Crippen LogP contribution in [0.2, 0.25) is 0 Å². The first-order valence-electron chi connectivity index (χ1n) is 7.29. The van der Waals surface area contributed by atoms with E-state index in [9.17, 15) is 14.7 Å². The van der Waals surface area contributed by atoms with Gasteiger partial charge in [0, 0.05) is 18.5 Å². The van der Waals surface area contributed by atoms with Crippen LogP contribution in [-0.4, -0.2) is 35.2 Å². The van der Waals surface area contributed by atoms with Crippen molar-refractivity contribution < 1.29 is 19.4 Å². The highest BCUT2D eigenvalue weighted by atomic mass is 16.6. The fourth-order valence-electron chi connectivity index (χ4n) is 3.40. The number of benzene rings is 1. The Labute approximate surface area is 123 Å². The maximum Gasteiger partial charge on any atom is 0.410 e. The van der Waals surface area contributed by atoms with Crippen molar-refractivity contribution in [1.29, 1.82) is 0 Å². The summed E-state index contributed by atoms with van der Waals surface area (Å²) in [6.07, 6.45) is 2.43. The van der Waals surface area contributed by atoms with Crippen molar-refractivity contribution in [2.75, 3.05) is 13.1 Å². The molecule has 1 aliphatic carbocycles. The van der Waals surface area contributed by atoms with Gasteiger partial charge in [-0.3, -0.25) is 4.79 Å². The van der Waals surface area contributed by atoms with Gasteiger partial charge in [-0.1, -0.05) is 36.8 Å². The van der Waals surface area contributed by atoms with Crippen molar-refractivity contribution in [3.05, 3.63) is 35.9 Å². The molecule has 3 rings (SSSR count). The number of hydrogen-bond donors (Lipinski definition) is 1. The monoisotopic (exact) mass is 289 g/mol. The van der Waals surface area contributed by atoms with Crippen LogP contribution in [0, 0.1) is 11.3 Å². The molecule has 1 spiro atoms. The lowest BCUT2D eigenvalue weighted by molar-refractivity contribution is -0.146. The molecule has 5 nitrogen and oxygen atoms in total. The number of amides is 1. The van der Waals surface area contributed by atoms with E-state index in [1.807, 2.05) is 30.3 Å². The Morgan fingerprint density at radius 2 is 2.00 bits per heavy atom. The van der Waals surface area contributed by atoms with Gasteiger partial charge in [0.25, 0.3) is 0 Å². The van der Waals surface area contributed by atoms with E-state index in [2.05, 4.69) is 0 Å². The van der Waals surface area contributed by atoms with Gasteiger partial charge in [0.05, 0.1) is 5.92 Å². The summed E-state index contributed by atoms with van der Waals surface area (Å²) in [4.78, 5) is 25.1. The summed E-state index contributed by atoms with van der Waals surface area (Å²) in [5, 5.41) is 9.34. The van der Waals surface area contributed by atoms with Gasteiger partial charge in [0.1, 0.15) is 6.61 Å². The van der Waals surface area contributed by atoms with Crippen LogP contribution in [0.4, 0.5) is 4.79 Å². The molecular formula is C16H19NO4. The molecule has 0 aromatic heterocycles. The molecule has 0 radical (unpaired) electrons. The van der Waals surface area contributed by atoms with E-state index in [1.54, 1.807) is 4.90 Å². The van der Waals surface area contributed by atoms with E-state index in [0.29, 0.717) is 6.54 Å². The number of carboxylic acids is 1. The highest BCUT2D eigenvalue weighted by Gasteiger charge is 2.54. The average molecular weight is 289 g/mol. The van der Waals surface area contributed by atoms with Crippen molar-refractivity contribution in [1.82, 2.24) is 4.90 Å². The van der Waals surface area contributed by atoms with Crippen LogP contribution < -0.4 is 0 Å². The second-order valence-electron chi connectivity index (χ2n) is 6.03. The first kappa shape index (κ1) is 13.9. The van der Waals surface area contributed by atoms with E-state index >= 15 is 0 Å². The predicted molar refractivity (Wildman–Crippen MR) is 75.6 cm³/mol. The van der Waals surface area contributed by atoms with Crippen LogP contribution in [0.5, 0.6) is 0 Å². The largest absolute Gasteiger partial charge is 0.481 e. The number of carbonyl (C=O) groups is 2. The summed E-state index contributed by atoms with van der Waals surface area (Å²) in [5.74, 6) is -1.25. The molecule has 1 aromatic rings. The Kier molecular flexibility index (Phi) is 3.57. The normalized spacial score (nSPS) is 22.9. The molecule has 1 unspecified atom stereocenters. The molecule has 2 fully saturated rings. The fraction of sp³-hybridized carbons (Fsp3) is 0.500. The summed E-state index contributed by atoms with van der Waals surface area (Å²) in [5.41, 5.74) is 0.718. The number of likely N-dealkylation sites (tertiary alicyclic amines) is 1. The van der Waals surface area contributed by atoms with Gasteiger partial charge in [-0.05, 0) is 18.4 Å². The Morgan fingerprint density at radius 1 is 1.29 bits per heavy atom. The van der Waals surface area contributed by atoms with Gasteiger partial charge in [-0.25, -0.2) is 4.79 Å². The molecule has 0 bridgehead atoms. The minimum absolute atomic E-state index is 0.211. The predicted octanol–water partition coefficient (Wildman–Crippen LogP) is 2.51. The maximum absolute atomic E-state index is 12.1. The van der Waals surface area contributed by atoms with Crippen molar-refractivity contribution in [3.63, 3.8) is 0 Å². The van der Waals surface area contributed by atoms with E-state index in [4.69, 9.17) is 4.74 Å². The average Bonchev–Trinajstić information content (AvgIpc) is 2.87. The van der Waals surface area contributed by atoms with Gasteiger partial charge in [-0.2, -0.15) is 0 Å². The van der Waals surface area contributed by atoms with Crippen molar-refractivity contribution in [2.45, 2.75) is 25.9 Å². The number of aliphatic carboxylic acids is 1. The molecule has 1 heterocycles. The minimum atomic E-state index is -0.798. The molecule has 1 saturated carbocycles. The zero-order valence-corrected chi connectivity index (χ0v) is 11.8. The topological polar surface area (TPSA) is 66.8 Å². The second-order valence-corrected chi connectivity index (χ2v) is 6.03. The lowest BCUT2D eigenvalue weighted by Gasteiger charge is -2.40. The zero-order chi connectivity index (χ0) is 14.9. The van der Waals surface area contributed by atoms with Crippen molar-refractivity contribution >= 4 is 12.1 Å². The molecule has 1 atom stereocenters. The molecule has 1 aliphatic heterocycles. The van der Waals surface area contributed by atoms with Crippen LogP contribution in [-0.2, 0) is 16.1 Å². The Morgan fingerprint density at radius 3 is 2.52 bits per heavy atom. The molecule has 2 aliphatic rings. The van der Waals surface area contributed by atoms with E-state index in [-0.39, 0.29) is 18.6 Å². The summed E-state index contributed by atoms with van der Waals surface area (Å²) in [7, 11) is 0. The zero-order valence-electron chi connectivity index (χ0n) is 11.8. The lowest BCUT2D eigenvalue weighted by Crippen LogP contribution is -2.41. The van der Waals surface area contributed by atoms with Gasteiger partial charge < -0.3 is 14.7 Å².